The van der Waals surface area contributed by atoms with Crippen molar-refractivity contribution in [3.8, 4) is 5.75 Å². The van der Waals surface area contributed by atoms with E-state index in [4.69, 9.17) is 0 Å². The van der Waals surface area contributed by atoms with Crippen LogP contribution in [0.5, 0.6) is 5.75 Å². The summed E-state index contributed by atoms with van der Waals surface area (Å²) in [5.74, 6) is 0.998. The molecule has 1 aliphatic rings. The third kappa shape index (κ3) is 4.44. The molecule has 3 atom stereocenters. The van der Waals surface area contributed by atoms with Crippen molar-refractivity contribution in [2.45, 2.75) is 58.2 Å². The largest absolute Gasteiger partial charge is 0.435 e. The van der Waals surface area contributed by atoms with Gasteiger partial charge in [-0.2, -0.15) is 8.78 Å². The van der Waals surface area contributed by atoms with Crippen molar-refractivity contribution >= 4 is 0 Å². The fraction of sp³-hybridized carbons (Fsp3) is 0.625. The number of ether oxygens (including phenoxy) is 1. The lowest BCUT2D eigenvalue weighted by Gasteiger charge is -2.30. The number of nitrogens with one attached hydrogen (secondary N) is 1. The van der Waals surface area contributed by atoms with Gasteiger partial charge >= 0.3 is 6.61 Å². The minimum absolute atomic E-state index is 0.210. The van der Waals surface area contributed by atoms with Crippen LogP contribution in [-0.2, 0) is 0 Å². The summed E-state index contributed by atoms with van der Waals surface area (Å²) in [6.45, 7) is 1.65. The Morgan fingerprint density at radius 3 is 2.50 bits per heavy atom. The molecule has 1 saturated carbocycles. The van der Waals surface area contributed by atoms with Crippen LogP contribution in [-0.4, -0.2) is 12.7 Å². The van der Waals surface area contributed by atoms with Crippen LogP contribution in [0.2, 0.25) is 0 Å². The van der Waals surface area contributed by atoms with Gasteiger partial charge in [0.25, 0.3) is 0 Å². The highest BCUT2D eigenvalue weighted by Crippen LogP contribution is 2.26. The quantitative estimate of drug-likeness (QED) is 0.858. The van der Waals surface area contributed by atoms with Crippen molar-refractivity contribution < 1.29 is 13.5 Å². The maximum atomic E-state index is 12.1. The van der Waals surface area contributed by atoms with Gasteiger partial charge in [0, 0.05) is 12.1 Å². The zero-order valence-corrected chi connectivity index (χ0v) is 12.1. The Morgan fingerprint density at radius 2 is 1.90 bits per heavy atom. The molecule has 0 heterocycles. The molecule has 0 bridgehead atoms. The Hall–Kier alpha value is -1.16. The summed E-state index contributed by atoms with van der Waals surface area (Å²) in [6, 6.07) is 7.69. The van der Waals surface area contributed by atoms with Crippen LogP contribution < -0.4 is 10.1 Å². The smallest absolute Gasteiger partial charge is 0.387 e. The minimum atomic E-state index is -2.76. The molecule has 0 amide bonds. The highest BCUT2D eigenvalue weighted by Gasteiger charge is 2.20. The maximum Gasteiger partial charge on any atom is 0.387 e. The fourth-order valence-corrected chi connectivity index (χ4v) is 2.97. The molecule has 3 unspecified atom stereocenters. The summed E-state index contributed by atoms with van der Waals surface area (Å²) in [5, 5.41) is 3.64. The topological polar surface area (TPSA) is 21.3 Å². The van der Waals surface area contributed by atoms with Crippen LogP contribution >= 0.6 is 0 Å². The van der Waals surface area contributed by atoms with Gasteiger partial charge in [-0.15, -0.1) is 0 Å². The molecular formula is C16H23F2NO. The number of halogens is 2. The lowest BCUT2D eigenvalue weighted by Crippen LogP contribution is -2.35. The second-order valence-corrected chi connectivity index (χ2v) is 5.80. The first-order valence-corrected chi connectivity index (χ1v) is 7.35. The third-order valence-corrected chi connectivity index (χ3v) is 4.03. The van der Waals surface area contributed by atoms with E-state index < -0.39 is 6.61 Å². The number of benzene rings is 1. The number of rotatable bonds is 5. The van der Waals surface area contributed by atoms with Gasteiger partial charge in [-0.05, 0) is 43.4 Å². The van der Waals surface area contributed by atoms with Crippen LogP contribution in [0.1, 0.15) is 51.1 Å². The predicted octanol–water partition coefficient (Wildman–Crippen LogP) is 4.52. The van der Waals surface area contributed by atoms with E-state index in [9.17, 15) is 8.78 Å². The summed E-state index contributed by atoms with van der Waals surface area (Å²) in [4.78, 5) is 0. The first-order chi connectivity index (χ1) is 9.54. The molecule has 0 aromatic heterocycles. The van der Waals surface area contributed by atoms with Gasteiger partial charge in [0.2, 0.25) is 0 Å². The van der Waals surface area contributed by atoms with Crippen LogP contribution in [0.3, 0.4) is 0 Å². The van der Waals surface area contributed by atoms with Crippen molar-refractivity contribution in [1.82, 2.24) is 5.32 Å². The van der Waals surface area contributed by atoms with E-state index in [2.05, 4.69) is 23.9 Å². The van der Waals surface area contributed by atoms with E-state index in [-0.39, 0.29) is 11.8 Å². The molecule has 0 aliphatic heterocycles. The highest BCUT2D eigenvalue weighted by atomic mass is 19.3. The maximum absolute atomic E-state index is 12.1. The Morgan fingerprint density at radius 1 is 1.20 bits per heavy atom. The summed E-state index contributed by atoms with van der Waals surface area (Å²) in [5.41, 5.74) is 1.10. The third-order valence-electron chi connectivity index (χ3n) is 4.03. The monoisotopic (exact) mass is 283 g/mol. The Bertz CT molecular complexity index is 407. The van der Waals surface area contributed by atoms with Crippen molar-refractivity contribution in [2.75, 3.05) is 0 Å². The van der Waals surface area contributed by atoms with Gasteiger partial charge < -0.3 is 10.1 Å². The number of hydrogen-bond acceptors (Lipinski definition) is 2. The molecule has 0 radical (unpaired) electrons. The molecule has 4 heteroatoms. The average molecular weight is 283 g/mol. The Kier molecular flexibility index (Phi) is 5.35. The lowest BCUT2D eigenvalue weighted by atomic mass is 9.86. The van der Waals surface area contributed by atoms with Gasteiger partial charge in [-0.3, -0.25) is 0 Å². The predicted molar refractivity (Wildman–Crippen MR) is 76.0 cm³/mol. The van der Waals surface area contributed by atoms with Crippen molar-refractivity contribution in [3.05, 3.63) is 29.8 Å². The molecule has 20 heavy (non-hydrogen) atoms. The first-order valence-electron chi connectivity index (χ1n) is 7.35. The molecule has 112 valence electrons. The van der Waals surface area contributed by atoms with Crippen LogP contribution in [0.25, 0.3) is 0 Å². The van der Waals surface area contributed by atoms with Crippen LogP contribution in [0, 0.1) is 5.92 Å². The summed E-state index contributed by atoms with van der Waals surface area (Å²) < 4.78 is 28.5. The average Bonchev–Trinajstić information content (AvgIpc) is 2.38. The zero-order chi connectivity index (χ0) is 14.5. The zero-order valence-electron chi connectivity index (χ0n) is 12.1. The second-order valence-electron chi connectivity index (χ2n) is 5.80. The number of alkyl halides is 2. The van der Waals surface area contributed by atoms with Crippen molar-refractivity contribution in [2.24, 2.45) is 5.92 Å². The molecule has 2 rings (SSSR count). The molecule has 2 nitrogen and oxygen atoms in total. The Balaban J connectivity index is 1.90. The number of hydrogen-bond donors (Lipinski definition) is 1. The highest BCUT2D eigenvalue weighted by molar-refractivity contribution is 5.29. The van der Waals surface area contributed by atoms with Gasteiger partial charge in [0.05, 0.1) is 0 Å². The second kappa shape index (κ2) is 7.02. The summed E-state index contributed by atoms with van der Waals surface area (Å²) in [6.07, 6.45) is 5.05. The molecule has 1 aliphatic carbocycles. The van der Waals surface area contributed by atoms with Crippen molar-refractivity contribution in [3.63, 3.8) is 0 Å². The lowest BCUT2D eigenvalue weighted by molar-refractivity contribution is -0.0498. The fourth-order valence-electron chi connectivity index (χ4n) is 2.97. The van der Waals surface area contributed by atoms with Gasteiger partial charge in [-0.1, -0.05) is 31.9 Å². The molecule has 0 saturated heterocycles. The van der Waals surface area contributed by atoms with Gasteiger partial charge in [0.1, 0.15) is 5.75 Å². The van der Waals surface area contributed by atoms with E-state index in [0.29, 0.717) is 6.04 Å². The van der Waals surface area contributed by atoms with Gasteiger partial charge in [0.15, 0.2) is 0 Å². The minimum Gasteiger partial charge on any atom is -0.435 e. The SMILES string of the molecule is CC1CCCC(NC(C)c2ccc(OC(F)F)cc2)C1. The summed E-state index contributed by atoms with van der Waals surface area (Å²) >= 11 is 0. The van der Waals surface area contributed by atoms with Crippen LogP contribution in [0.15, 0.2) is 24.3 Å². The summed E-state index contributed by atoms with van der Waals surface area (Å²) in [7, 11) is 0. The molecule has 0 spiro atoms. The Labute approximate surface area is 119 Å². The van der Waals surface area contributed by atoms with E-state index in [1.807, 2.05) is 12.1 Å². The van der Waals surface area contributed by atoms with Crippen LogP contribution in [0.4, 0.5) is 8.78 Å². The van der Waals surface area contributed by atoms with Gasteiger partial charge in [-0.25, -0.2) is 0 Å². The molecule has 1 aromatic carbocycles. The standard InChI is InChI=1S/C16H23F2NO/c1-11-4-3-5-14(10-11)19-12(2)13-6-8-15(9-7-13)20-16(17)18/h6-9,11-12,14,16,19H,3-5,10H2,1-2H3. The van der Waals surface area contributed by atoms with E-state index >= 15 is 0 Å². The molecular weight excluding hydrogens is 260 g/mol. The first kappa shape index (κ1) is 15.2. The van der Waals surface area contributed by atoms with E-state index in [1.54, 1.807) is 12.1 Å². The molecule has 1 aromatic rings. The molecule has 1 fully saturated rings. The van der Waals surface area contributed by atoms with E-state index in [0.717, 1.165) is 11.5 Å². The molecule has 1 N–H and O–H groups in total. The van der Waals surface area contributed by atoms with Crippen molar-refractivity contribution in [1.29, 1.82) is 0 Å². The van der Waals surface area contributed by atoms with E-state index in [1.165, 1.54) is 25.7 Å². The normalized spacial score (nSPS) is 24.6.